The SMILES string of the molecule is CCS(=O)(=O)CC(C)C#N. The number of hydrogen-bond acceptors (Lipinski definition) is 3. The van der Waals surface area contributed by atoms with E-state index < -0.39 is 9.84 Å². The minimum atomic E-state index is -2.95. The molecule has 0 aliphatic rings. The van der Waals surface area contributed by atoms with E-state index in [0.29, 0.717) is 0 Å². The van der Waals surface area contributed by atoms with E-state index in [1.807, 2.05) is 6.07 Å². The van der Waals surface area contributed by atoms with Crippen LogP contribution >= 0.6 is 0 Å². The average Bonchev–Trinajstić information content (AvgIpc) is 1.87. The third kappa shape index (κ3) is 3.46. The fourth-order valence-electron chi connectivity index (χ4n) is 0.536. The summed E-state index contributed by atoms with van der Waals surface area (Å²) in [5, 5.41) is 8.28. The molecule has 0 aromatic rings. The van der Waals surface area contributed by atoms with Crippen LogP contribution in [0.2, 0.25) is 0 Å². The molecule has 0 aliphatic carbocycles. The van der Waals surface area contributed by atoms with Crippen molar-refractivity contribution in [3.8, 4) is 6.07 Å². The van der Waals surface area contributed by atoms with Crippen molar-refractivity contribution in [1.29, 1.82) is 5.26 Å². The molecule has 0 bridgehead atoms. The van der Waals surface area contributed by atoms with Gasteiger partial charge in [-0.1, -0.05) is 6.92 Å². The predicted molar refractivity (Wildman–Crippen MR) is 39.1 cm³/mol. The van der Waals surface area contributed by atoms with Gasteiger partial charge in [0.15, 0.2) is 9.84 Å². The smallest absolute Gasteiger partial charge is 0.151 e. The van der Waals surface area contributed by atoms with Gasteiger partial charge in [0, 0.05) is 5.75 Å². The molecule has 0 saturated carbocycles. The summed E-state index contributed by atoms with van der Waals surface area (Å²) < 4.78 is 21.6. The van der Waals surface area contributed by atoms with Gasteiger partial charge in [-0.05, 0) is 6.92 Å². The Morgan fingerprint density at radius 3 is 2.40 bits per heavy atom. The normalized spacial score (nSPS) is 14.1. The lowest BCUT2D eigenvalue weighted by molar-refractivity contribution is 0.590. The Morgan fingerprint density at radius 2 is 2.10 bits per heavy atom. The van der Waals surface area contributed by atoms with Gasteiger partial charge >= 0.3 is 0 Å². The van der Waals surface area contributed by atoms with Crippen molar-refractivity contribution in [2.45, 2.75) is 13.8 Å². The zero-order valence-electron chi connectivity index (χ0n) is 6.16. The van der Waals surface area contributed by atoms with Gasteiger partial charge in [-0.3, -0.25) is 0 Å². The summed E-state index contributed by atoms with van der Waals surface area (Å²) in [5.74, 6) is -0.274. The lowest BCUT2D eigenvalue weighted by Gasteiger charge is -2.00. The highest BCUT2D eigenvalue weighted by molar-refractivity contribution is 7.91. The van der Waals surface area contributed by atoms with Gasteiger partial charge < -0.3 is 0 Å². The highest BCUT2D eigenvalue weighted by Crippen LogP contribution is 1.99. The van der Waals surface area contributed by atoms with Crippen LogP contribution in [0.25, 0.3) is 0 Å². The van der Waals surface area contributed by atoms with Crippen LogP contribution in [0.1, 0.15) is 13.8 Å². The summed E-state index contributed by atoms with van der Waals surface area (Å²) >= 11 is 0. The van der Waals surface area contributed by atoms with Crippen LogP contribution < -0.4 is 0 Å². The third-order valence-electron chi connectivity index (χ3n) is 1.16. The maximum atomic E-state index is 10.8. The second kappa shape index (κ2) is 3.57. The molecule has 0 heterocycles. The Balaban J connectivity index is 4.06. The first-order valence-electron chi connectivity index (χ1n) is 3.12. The number of sulfone groups is 1. The van der Waals surface area contributed by atoms with Crippen LogP contribution in [-0.4, -0.2) is 19.9 Å². The monoisotopic (exact) mass is 161 g/mol. The van der Waals surface area contributed by atoms with E-state index in [4.69, 9.17) is 5.26 Å². The number of rotatable bonds is 3. The molecule has 0 aliphatic heterocycles. The molecule has 0 spiro atoms. The summed E-state index contributed by atoms with van der Waals surface area (Å²) in [4.78, 5) is 0. The number of hydrogen-bond donors (Lipinski definition) is 0. The van der Waals surface area contributed by atoms with Crippen LogP contribution in [0.4, 0.5) is 0 Å². The van der Waals surface area contributed by atoms with Gasteiger partial charge in [-0.2, -0.15) is 5.26 Å². The van der Waals surface area contributed by atoms with Gasteiger partial charge in [0.25, 0.3) is 0 Å². The first kappa shape index (κ1) is 9.44. The van der Waals surface area contributed by atoms with Gasteiger partial charge in [0.1, 0.15) is 0 Å². The van der Waals surface area contributed by atoms with E-state index in [9.17, 15) is 8.42 Å². The zero-order valence-corrected chi connectivity index (χ0v) is 6.98. The van der Waals surface area contributed by atoms with Crippen molar-refractivity contribution < 1.29 is 8.42 Å². The largest absolute Gasteiger partial charge is 0.229 e. The maximum Gasteiger partial charge on any atom is 0.151 e. The summed E-state index contributed by atoms with van der Waals surface area (Å²) in [6.45, 7) is 3.19. The summed E-state index contributed by atoms with van der Waals surface area (Å²) in [6, 6.07) is 1.88. The maximum absolute atomic E-state index is 10.8. The van der Waals surface area contributed by atoms with Crippen LogP contribution in [0.3, 0.4) is 0 Å². The number of nitrogens with zero attached hydrogens (tertiary/aromatic N) is 1. The van der Waals surface area contributed by atoms with Gasteiger partial charge in [-0.25, -0.2) is 8.42 Å². The fraction of sp³-hybridized carbons (Fsp3) is 0.833. The van der Waals surface area contributed by atoms with Crippen molar-refractivity contribution in [2.24, 2.45) is 5.92 Å². The first-order chi connectivity index (χ1) is 4.52. The van der Waals surface area contributed by atoms with Crippen LogP contribution in [0.5, 0.6) is 0 Å². The Labute approximate surface area is 61.6 Å². The second-order valence-corrected chi connectivity index (χ2v) is 4.63. The van der Waals surface area contributed by atoms with E-state index in [0.717, 1.165) is 0 Å². The summed E-state index contributed by atoms with van der Waals surface area (Å²) in [5.41, 5.74) is 0. The zero-order chi connectivity index (χ0) is 8.20. The van der Waals surface area contributed by atoms with Gasteiger partial charge in [-0.15, -0.1) is 0 Å². The first-order valence-corrected chi connectivity index (χ1v) is 4.94. The predicted octanol–water partition coefficient (Wildman–Crippen LogP) is 0.581. The Hall–Kier alpha value is -0.560. The molecule has 0 rings (SSSR count). The van der Waals surface area contributed by atoms with Gasteiger partial charge in [0.2, 0.25) is 0 Å². The van der Waals surface area contributed by atoms with Crippen LogP contribution in [0.15, 0.2) is 0 Å². The molecule has 1 unspecified atom stereocenters. The molecule has 0 N–H and O–H groups in total. The van der Waals surface area contributed by atoms with Crippen molar-refractivity contribution >= 4 is 9.84 Å². The Morgan fingerprint density at radius 1 is 1.60 bits per heavy atom. The highest BCUT2D eigenvalue weighted by Gasteiger charge is 2.11. The number of nitriles is 1. The molecular weight excluding hydrogens is 150 g/mol. The molecule has 0 aromatic heterocycles. The molecule has 0 radical (unpaired) electrons. The van der Waals surface area contributed by atoms with Gasteiger partial charge in [0.05, 0.1) is 17.7 Å². The Kier molecular flexibility index (Phi) is 3.37. The summed E-state index contributed by atoms with van der Waals surface area (Å²) in [7, 11) is -2.95. The molecule has 0 fully saturated rings. The molecule has 10 heavy (non-hydrogen) atoms. The lowest BCUT2D eigenvalue weighted by Crippen LogP contribution is -2.14. The van der Waals surface area contributed by atoms with E-state index >= 15 is 0 Å². The van der Waals surface area contributed by atoms with E-state index in [1.165, 1.54) is 0 Å². The minimum absolute atomic E-state index is 0.0139. The van der Waals surface area contributed by atoms with E-state index in [-0.39, 0.29) is 17.4 Å². The highest BCUT2D eigenvalue weighted by atomic mass is 32.2. The van der Waals surface area contributed by atoms with Crippen molar-refractivity contribution in [3.05, 3.63) is 0 Å². The fourth-order valence-corrected chi connectivity index (χ4v) is 1.61. The third-order valence-corrected chi connectivity index (χ3v) is 3.05. The molecule has 0 aromatic carbocycles. The summed E-state index contributed by atoms with van der Waals surface area (Å²) in [6.07, 6.45) is 0. The molecule has 0 amide bonds. The van der Waals surface area contributed by atoms with E-state index in [2.05, 4.69) is 0 Å². The second-order valence-electron chi connectivity index (χ2n) is 2.23. The van der Waals surface area contributed by atoms with Crippen molar-refractivity contribution in [1.82, 2.24) is 0 Å². The molecule has 4 heteroatoms. The molecule has 3 nitrogen and oxygen atoms in total. The minimum Gasteiger partial charge on any atom is -0.229 e. The quantitative estimate of drug-likeness (QED) is 0.608. The molecule has 1 atom stereocenters. The van der Waals surface area contributed by atoms with Crippen molar-refractivity contribution in [3.63, 3.8) is 0 Å². The average molecular weight is 161 g/mol. The lowest BCUT2D eigenvalue weighted by atomic mass is 10.3. The Bertz CT molecular complexity index is 225. The van der Waals surface area contributed by atoms with Crippen molar-refractivity contribution in [2.75, 3.05) is 11.5 Å². The van der Waals surface area contributed by atoms with Crippen LogP contribution in [0, 0.1) is 17.2 Å². The standard InChI is InChI=1S/C6H11NO2S/c1-3-10(8,9)5-6(2)4-7/h6H,3,5H2,1-2H3. The van der Waals surface area contributed by atoms with E-state index in [1.54, 1.807) is 13.8 Å². The molecular formula is C6H11NO2S. The van der Waals surface area contributed by atoms with Crippen LogP contribution in [-0.2, 0) is 9.84 Å². The molecule has 58 valence electrons. The topological polar surface area (TPSA) is 57.9 Å². The molecule has 0 saturated heterocycles.